The van der Waals surface area contributed by atoms with E-state index in [9.17, 15) is 9.59 Å². The molecule has 6 nitrogen and oxygen atoms in total. The van der Waals surface area contributed by atoms with Gasteiger partial charge in [-0.25, -0.2) is 4.79 Å². The molecule has 0 radical (unpaired) electrons. The number of hydrogen-bond donors (Lipinski definition) is 3. The quantitative estimate of drug-likeness (QED) is 0.775. The average Bonchev–Trinajstić information content (AvgIpc) is 3.25. The molecule has 0 aliphatic carbocycles. The summed E-state index contributed by atoms with van der Waals surface area (Å²) in [6.45, 7) is 3.82. The van der Waals surface area contributed by atoms with E-state index in [1.54, 1.807) is 0 Å². The summed E-state index contributed by atoms with van der Waals surface area (Å²) in [6, 6.07) is 7.61. The van der Waals surface area contributed by atoms with Crippen molar-refractivity contribution in [2.24, 2.45) is 5.92 Å². The van der Waals surface area contributed by atoms with Crippen LogP contribution in [0.1, 0.15) is 24.8 Å². The molecule has 7 heteroatoms. The summed E-state index contributed by atoms with van der Waals surface area (Å²) < 4.78 is 0. The van der Waals surface area contributed by atoms with Crippen molar-refractivity contribution in [3.05, 3.63) is 29.8 Å². The summed E-state index contributed by atoms with van der Waals surface area (Å²) in [5.74, 6) is 0.176. The third-order valence-electron chi connectivity index (χ3n) is 4.47. The SMILES string of the molecule is Cl.O=C(NCc1cccc(NC(=O)N2CCCC2)c1)C1CCNC1. The number of benzene rings is 1. The fourth-order valence-electron chi connectivity index (χ4n) is 3.09. The van der Waals surface area contributed by atoms with E-state index in [1.165, 1.54) is 0 Å². The van der Waals surface area contributed by atoms with Gasteiger partial charge in [0, 0.05) is 31.9 Å². The van der Waals surface area contributed by atoms with Gasteiger partial charge in [-0.3, -0.25) is 4.79 Å². The molecule has 3 N–H and O–H groups in total. The number of carbonyl (C=O) groups is 2. The first-order chi connectivity index (χ1) is 11.2. The molecule has 1 atom stereocenters. The number of nitrogens with one attached hydrogen (secondary N) is 3. The molecule has 1 aromatic rings. The van der Waals surface area contributed by atoms with E-state index < -0.39 is 0 Å². The smallest absolute Gasteiger partial charge is 0.321 e. The molecule has 132 valence electrons. The van der Waals surface area contributed by atoms with Gasteiger partial charge in [-0.1, -0.05) is 12.1 Å². The summed E-state index contributed by atoms with van der Waals surface area (Å²) in [4.78, 5) is 26.0. The molecule has 2 heterocycles. The van der Waals surface area contributed by atoms with Gasteiger partial charge in [0.05, 0.1) is 5.92 Å². The van der Waals surface area contributed by atoms with Crippen molar-refractivity contribution in [1.82, 2.24) is 15.5 Å². The van der Waals surface area contributed by atoms with E-state index in [-0.39, 0.29) is 30.3 Å². The van der Waals surface area contributed by atoms with E-state index >= 15 is 0 Å². The zero-order chi connectivity index (χ0) is 16.1. The fourth-order valence-corrected chi connectivity index (χ4v) is 3.09. The summed E-state index contributed by atoms with van der Waals surface area (Å²) in [5, 5.41) is 9.10. The Bertz CT molecular complexity index is 569. The molecule has 0 saturated carbocycles. The molecule has 0 spiro atoms. The fraction of sp³-hybridized carbons (Fsp3) is 0.529. The summed E-state index contributed by atoms with van der Waals surface area (Å²) in [5.41, 5.74) is 1.76. The first-order valence-electron chi connectivity index (χ1n) is 8.36. The second-order valence-electron chi connectivity index (χ2n) is 6.23. The molecule has 1 unspecified atom stereocenters. The van der Waals surface area contributed by atoms with Gasteiger partial charge in [0.1, 0.15) is 0 Å². The topological polar surface area (TPSA) is 73.5 Å². The predicted molar refractivity (Wildman–Crippen MR) is 96.3 cm³/mol. The lowest BCUT2D eigenvalue weighted by Crippen LogP contribution is -2.32. The van der Waals surface area contributed by atoms with Crippen molar-refractivity contribution >= 4 is 30.0 Å². The molecule has 1 aromatic carbocycles. The maximum Gasteiger partial charge on any atom is 0.321 e. The van der Waals surface area contributed by atoms with Crippen molar-refractivity contribution in [3.63, 3.8) is 0 Å². The number of anilines is 1. The molecule has 0 bridgehead atoms. The summed E-state index contributed by atoms with van der Waals surface area (Å²) in [7, 11) is 0. The van der Waals surface area contributed by atoms with Crippen LogP contribution >= 0.6 is 12.4 Å². The maximum atomic E-state index is 12.1. The Morgan fingerprint density at radius 1 is 1.25 bits per heavy atom. The standard InChI is InChI=1S/C17H24N4O2.ClH/c22-16(14-6-7-18-12-14)19-11-13-4-3-5-15(10-13)20-17(23)21-8-1-2-9-21;/h3-5,10,14,18H,1-2,6-9,11-12H2,(H,19,22)(H,20,23);1H. The predicted octanol–water partition coefficient (Wildman–Crippen LogP) is 1.96. The Labute approximate surface area is 148 Å². The Hall–Kier alpha value is -1.79. The van der Waals surface area contributed by atoms with Crippen LogP contribution in [0.2, 0.25) is 0 Å². The minimum absolute atomic E-state index is 0. The molecule has 3 rings (SSSR count). The molecule has 2 aliphatic heterocycles. The van der Waals surface area contributed by atoms with Gasteiger partial charge in [0.15, 0.2) is 0 Å². The third kappa shape index (κ3) is 4.85. The first kappa shape index (κ1) is 18.5. The Kier molecular flexibility index (Phi) is 6.87. The van der Waals surface area contributed by atoms with Crippen molar-refractivity contribution in [1.29, 1.82) is 0 Å². The monoisotopic (exact) mass is 352 g/mol. The van der Waals surface area contributed by atoms with Crippen LogP contribution in [0.15, 0.2) is 24.3 Å². The van der Waals surface area contributed by atoms with Crippen LogP contribution < -0.4 is 16.0 Å². The van der Waals surface area contributed by atoms with E-state index in [2.05, 4.69) is 16.0 Å². The minimum Gasteiger partial charge on any atom is -0.352 e. The van der Waals surface area contributed by atoms with E-state index in [0.29, 0.717) is 6.54 Å². The van der Waals surface area contributed by atoms with Gasteiger partial charge in [0.25, 0.3) is 0 Å². The zero-order valence-electron chi connectivity index (χ0n) is 13.7. The first-order valence-corrected chi connectivity index (χ1v) is 8.36. The number of rotatable bonds is 4. The van der Waals surface area contributed by atoms with E-state index in [4.69, 9.17) is 0 Å². The van der Waals surface area contributed by atoms with Gasteiger partial charge in [-0.15, -0.1) is 12.4 Å². The van der Waals surface area contributed by atoms with E-state index in [1.807, 2.05) is 29.2 Å². The van der Waals surface area contributed by atoms with Crippen LogP contribution in [0.4, 0.5) is 10.5 Å². The lowest BCUT2D eigenvalue weighted by Gasteiger charge is -2.16. The Morgan fingerprint density at radius 3 is 2.75 bits per heavy atom. The van der Waals surface area contributed by atoms with Crippen molar-refractivity contribution in [3.8, 4) is 0 Å². The Balaban J connectivity index is 0.00000208. The number of halogens is 1. The van der Waals surface area contributed by atoms with Crippen LogP contribution in [-0.2, 0) is 11.3 Å². The maximum absolute atomic E-state index is 12.1. The molecule has 2 fully saturated rings. The van der Waals surface area contributed by atoms with Gasteiger partial charge in [0.2, 0.25) is 5.91 Å². The molecule has 0 aromatic heterocycles. The number of nitrogens with zero attached hydrogens (tertiary/aromatic N) is 1. The van der Waals surface area contributed by atoms with Crippen LogP contribution in [0.25, 0.3) is 0 Å². The second kappa shape index (κ2) is 8.89. The van der Waals surface area contributed by atoms with Crippen LogP contribution in [0.3, 0.4) is 0 Å². The molecular weight excluding hydrogens is 328 g/mol. The van der Waals surface area contributed by atoms with Crippen molar-refractivity contribution < 1.29 is 9.59 Å². The lowest BCUT2D eigenvalue weighted by molar-refractivity contribution is -0.124. The molecule has 2 saturated heterocycles. The summed E-state index contributed by atoms with van der Waals surface area (Å²) in [6.07, 6.45) is 3.06. The highest BCUT2D eigenvalue weighted by Crippen LogP contribution is 2.14. The van der Waals surface area contributed by atoms with Gasteiger partial charge < -0.3 is 20.9 Å². The highest BCUT2D eigenvalue weighted by molar-refractivity contribution is 5.89. The average molecular weight is 353 g/mol. The highest BCUT2D eigenvalue weighted by Gasteiger charge is 2.22. The molecule has 3 amide bonds. The van der Waals surface area contributed by atoms with Crippen LogP contribution in [0, 0.1) is 5.92 Å². The molecular formula is C17H25ClN4O2. The molecule has 24 heavy (non-hydrogen) atoms. The van der Waals surface area contributed by atoms with Gasteiger partial charge in [-0.2, -0.15) is 0 Å². The lowest BCUT2D eigenvalue weighted by atomic mass is 10.1. The van der Waals surface area contributed by atoms with Crippen LogP contribution in [0.5, 0.6) is 0 Å². The number of carbonyl (C=O) groups excluding carboxylic acids is 2. The number of hydrogen-bond acceptors (Lipinski definition) is 3. The minimum atomic E-state index is -0.0410. The summed E-state index contributed by atoms with van der Waals surface area (Å²) >= 11 is 0. The van der Waals surface area contributed by atoms with Crippen molar-refractivity contribution in [2.45, 2.75) is 25.8 Å². The highest BCUT2D eigenvalue weighted by atomic mass is 35.5. The number of urea groups is 1. The second-order valence-corrected chi connectivity index (χ2v) is 6.23. The molecule has 2 aliphatic rings. The Morgan fingerprint density at radius 2 is 2.04 bits per heavy atom. The van der Waals surface area contributed by atoms with Gasteiger partial charge >= 0.3 is 6.03 Å². The van der Waals surface area contributed by atoms with Crippen LogP contribution in [-0.4, -0.2) is 43.0 Å². The van der Waals surface area contributed by atoms with E-state index in [0.717, 1.165) is 56.7 Å². The third-order valence-corrected chi connectivity index (χ3v) is 4.47. The van der Waals surface area contributed by atoms with Gasteiger partial charge in [-0.05, 0) is 43.5 Å². The zero-order valence-corrected chi connectivity index (χ0v) is 14.5. The normalized spacial score (nSPS) is 19.7. The number of likely N-dealkylation sites (tertiary alicyclic amines) is 1. The largest absolute Gasteiger partial charge is 0.352 e. The number of amides is 3. The van der Waals surface area contributed by atoms with Crippen molar-refractivity contribution in [2.75, 3.05) is 31.5 Å².